The number of amides is 1. The Kier molecular flexibility index (Phi) is 6.03. The van der Waals surface area contributed by atoms with Crippen molar-refractivity contribution < 1.29 is 31.1 Å². The van der Waals surface area contributed by atoms with Crippen LogP contribution in [0.2, 0.25) is 0 Å². The Morgan fingerprint density at radius 2 is 1.64 bits per heavy atom. The highest BCUT2D eigenvalue weighted by atomic mass is 32.2. The van der Waals surface area contributed by atoms with Crippen molar-refractivity contribution in [3.05, 3.63) is 89.2 Å². The van der Waals surface area contributed by atoms with Gasteiger partial charge in [0.25, 0.3) is 15.9 Å². The monoisotopic (exact) mass is 476 g/mol. The fourth-order valence-corrected chi connectivity index (χ4v) is 4.60. The molecule has 1 N–H and O–H groups in total. The fourth-order valence-electron chi connectivity index (χ4n) is 3.55. The van der Waals surface area contributed by atoms with E-state index < -0.39 is 33.6 Å². The zero-order valence-corrected chi connectivity index (χ0v) is 18.2. The first-order chi connectivity index (χ1) is 15.6. The molecule has 0 spiro atoms. The maximum Gasteiger partial charge on any atom is 0.263 e. The van der Waals surface area contributed by atoms with Gasteiger partial charge in [-0.05, 0) is 67.1 Å². The van der Waals surface area contributed by atoms with Crippen LogP contribution in [0.1, 0.15) is 18.1 Å². The third-order valence-electron chi connectivity index (χ3n) is 5.06. The molecule has 1 heterocycles. The van der Waals surface area contributed by atoms with E-state index in [2.05, 4.69) is 4.72 Å². The standard InChI is InChI=1S/C23H19F3N2O4S/c1-14-23(29)28(12-15-8-18(25)11-19(26)9-15)13-16-10-20(4-7-22(16)32-14)27-33(30,31)21-5-2-17(24)3-6-21/h2-11,14,27H,12-13H2,1H3/t14-/m0/s1. The molecule has 0 radical (unpaired) electrons. The topological polar surface area (TPSA) is 75.7 Å². The quantitative estimate of drug-likeness (QED) is 0.599. The van der Waals surface area contributed by atoms with E-state index in [1.54, 1.807) is 6.92 Å². The van der Waals surface area contributed by atoms with Gasteiger partial charge in [0, 0.05) is 30.4 Å². The van der Waals surface area contributed by atoms with Gasteiger partial charge in [-0.25, -0.2) is 21.6 Å². The minimum atomic E-state index is -3.98. The molecule has 4 rings (SSSR count). The smallest absolute Gasteiger partial charge is 0.263 e. The van der Waals surface area contributed by atoms with E-state index in [0.717, 1.165) is 42.5 Å². The number of carbonyl (C=O) groups excluding carboxylic acids is 1. The first kappa shape index (κ1) is 22.7. The number of nitrogens with one attached hydrogen (secondary N) is 1. The van der Waals surface area contributed by atoms with Crippen LogP contribution < -0.4 is 9.46 Å². The summed E-state index contributed by atoms with van der Waals surface area (Å²) < 4.78 is 73.7. The highest BCUT2D eigenvalue weighted by Crippen LogP contribution is 2.30. The summed E-state index contributed by atoms with van der Waals surface area (Å²) >= 11 is 0. The van der Waals surface area contributed by atoms with E-state index in [1.807, 2.05) is 0 Å². The van der Waals surface area contributed by atoms with Crippen LogP contribution in [-0.2, 0) is 27.9 Å². The van der Waals surface area contributed by atoms with E-state index in [9.17, 15) is 26.4 Å². The summed E-state index contributed by atoms with van der Waals surface area (Å²) in [5.74, 6) is -2.07. The van der Waals surface area contributed by atoms with Gasteiger partial charge in [-0.1, -0.05) is 0 Å². The number of benzene rings is 3. The van der Waals surface area contributed by atoms with Gasteiger partial charge in [-0.15, -0.1) is 0 Å². The molecule has 1 amide bonds. The summed E-state index contributed by atoms with van der Waals surface area (Å²) in [4.78, 5) is 14.0. The molecule has 1 atom stereocenters. The van der Waals surface area contributed by atoms with Crippen LogP contribution in [-0.4, -0.2) is 25.3 Å². The largest absolute Gasteiger partial charge is 0.481 e. The Hall–Kier alpha value is -3.53. The van der Waals surface area contributed by atoms with Gasteiger partial charge in [-0.2, -0.15) is 0 Å². The maximum atomic E-state index is 13.6. The van der Waals surface area contributed by atoms with Crippen molar-refractivity contribution in [2.24, 2.45) is 0 Å². The lowest BCUT2D eigenvalue weighted by Gasteiger charge is -2.22. The van der Waals surface area contributed by atoms with Crippen LogP contribution in [0.4, 0.5) is 18.9 Å². The number of ether oxygens (including phenoxy) is 1. The van der Waals surface area contributed by atoms with Crippen molar-refractivity contribution in [1.82, 2.24) is 4.90 Å². The minimum absolute atomic E-state index is 0.0305. The number of fused-ring (bicyclic) bond motifs is 1. The van der Waals surface area contributed by atoms with E-state index >= 15 is 0 Å². The van der Waals surface area contributed by atoms with E-state index in [-0.39, 0.29) is 35.1 Å². The van der Waals surface area contributed by atoms with Crippen molar-refractivity contribution >= 4 is 21.6 Å². The molecule has 3 aromatic carbocycles. The second kappa shape index (κ2) is 8.78. The van der Waals surface area contributed by atoms with E-state index in [0.29, 0.717) is 11.3 Å². The second-order valence-corrected chi connectivity index (χ2v) is 9.30. The molecule has 6 nitrogen and oxygen atoms in total. The average Bonchev–Trinajstić information content (AvgIpc) is 2.84. The van der Waals surface area contributed by atoms with Crippen molar-refractivity contribution in [3.8, 4) is 5.75 Å². The van der Waals surface area contributed by atoms with Crippen LogP contribution in [0.15, 0.2) is 65.6 Å². The first-order valence-corrected chi connectivity index (χ1v) is 11.4. The zero-order valence-electron chi connectivity index (χ0n) is 17.4. The maximum absolute atomic E-state index is 13.6. The van der Waals surface area contributed by atoms with Crippen molar-refractivity contribution in [1.29, 1.82) is 0 Å². The van der Waals surface area contributed by atoms with Gasteiger partial charge < -0.3 is 9.64 Å². The van der Waals surface area contributed by atoms with E-state index in [4.69, 9.17) is 4.74 Å². The molecule has 0 fully saturated rings. The van der Waals surface area contributed by atoms with Gasteiger partial charge in [0.2, 0.25) is 0 Å². The van der Waals surface area contributed by atoms with Crippen LogP contribution in [0.25, 0.3) is 0 Å². The SMILES string of the molecule is C[C@@H]1Oc2ccc(NS(=O)(=O)c3ccc(F)cc3)cc2CN(Cc2cc(F)cc(F)c2)C1=O. The molecule has 1 aliphatic heterocycles. The summed E-state index contributed by atoms with van der Waals surface area (Å²) in [6, 6.07) is 11.9. The third-order valence-corrected chi connectivity index (χ3v) is 6.45. The normalized spacial score (nSPS) is 16.1. The molecule has 0 bridgehead atoms. The molecule has 3 aromatic rings. The number of nitrogens with zero attached hydrogens (tertiary/aromatic N) is 1. The highest BCUT2D eigenvalue weighted by Gasteiger charge is 2.28. The Morgan fingerprint density at radius 3 is 2.30 bits per heavy atom. The fraction of sp³-hybridized carbons (Fsp3) is 0.174. The molecular formula is C23H19F3N2O4S. The summed E-state index contributed by atoms with van der Waals surface area (Å²) in [5.41, 5.74) is 0.981. The summed E-state index contributed by atoms with van der Waals surface area (Å²) in [5, 5.41) is 0. The third kappa shape index (κ3) is 5.11. The van der Waals surface area contributed by atoms with Crippen LogP contribution in [0, 0.1) is 17.5 Å². The lowest BCUT2D eigenvalue weighted by Crippen LogP contribution is -2.37. The van der Waals surface area contributed by atoms with Crippen molar-refractivity contribution in [2.45, 2.75) is 31.0 Å². The molecule has 33 heavy (non-hydrogen) atoms. The predicted octanol–water partition coefficient (Wildman–Crippen LogP) is 4.21. The highest BCUT2D eigenvalue weighted by molar-refractivity contribution is 7.92. The zero-order chi connectivity index (χ0) is 23.8. The summed E-state index contributed by atoms with van der Waals surface area (Å²) in [7, 11) is -3.98. The number of halogens is 3. The molecule has 0 aromatic heterocycles. The predicted molar refractivity (Wildman–Crippen MR) is 114 cm³/mol. The van der Waals surface area contributed by atoms with Gasteiger partial charge >= 0.3 is 0 Å². The Balaban J connectivity index is 1.61. The molecule has 0 aliphatic carbocycles. The summed E-state index contributed by atoms with van der Waals surface area (Å²) in [6.45, 7) is 1.52. The molecular weight excluding hydrogens is 457 g/mol. The van der Waals surface area contributed by atoms with Gasteiger partial charge in [0.1, 0.15) is 23.2 Å². The van der Waals surface area contributed by atoms with Gasteiger partial charge in [-0.3, -0.25) is 9.52 Å². The Morgan fingerprint density at radius 1 is 0.970 bits per heavy atom. The van der Waals surface area contributed by atoms with Crippen LogP contribution in [0.5, 0.6) is 5.75 Å². The number of carbonyl (C=O) groups is 1. The molecule has 172 valence electrons. The van der Waals surface area contributed by atoms with Crippen molar-refractivity contribution in [3.63, 3.8) is 0 Å². The van der Waals surface area contributed by atoms with Crippen LogP contribution in [0.3, 0.4) is 0 Å². The first-order valence-electron chi connectivity index (χ1n) is 9.92. The number of anilines is 1. The number of sulfonamides is 1. The molecule has 0 saturated heterocycles. The van der Waals surface area contributed by atoms with Gasteiger partial charge in [0.05, 0.1) is 4.90 Å². The number of hydrogen-bond acceptors (Lipinski definition) is 4. The lowest BCUT2D eigenvalue weighted by molar-refractivity contribution is -0.138. The Labute approximate surface area is 188 Å². The molecule has 0 unspecified atom stereocenters. The molecule has 1 aliphatic rings. The molecule has 10 heteroatoms. The number of rotatable bonds is 5. The van der Waals surface area contributed by atoms with E-state index in [1.165, 1.54) is 23.1 Å². The lowest BCUT2D eigenvalue weighted by atomic mass is 10.1. The van der Waals surface area contributed by atoms with Crippen LogP contribution >= 0.6 is 0 Å². The average molecular weight is 476 g/mol. The van der Waals surface area contributed by atoms with Gasteiger partial charge in [0.15, 0.2) is 6.10 Å². The second-order valence-electron chi connectivity index (χ2n) is 7.61. The number of hydrogen-bond donors (Lipinski definition) is 1. The minimum Gasteiger partial charge on any atom is -0.481 e. The Bertz CT molecular complexity index is 1290. The molecule has 0 saturated carbocycles. The van der Waals surface area contributed by atoms with Crippen molar-refractivity contribution in [2.75, 3.05) is 4.72 Å². The summed E-state index contributed by atoms with van der Waals surface area (Å²) in [6.07, 6.45) is -0.855.